The number of fused-ring (bicyclic) bond motifs is 1. The van der Waals surface area contributed by atoms with E-state index in [0.717, 1.165) is 31.0 Å². The summed E-state index contributed by atoms with van der Waals surface area (Å²) in [5, 5.41) is 9.21. The summed E-state index contributed by atoms with van der Waals surface area (Å²) in [6, 6.07) is 0. The van der Waals surface area contributed by atoms with Gasteiger partial charge in [0.15, 0.2) is 11.5 Å². The van der Waals surface area contributed by atoms with Gasteiger partial charge in [0, 0.05) is 38.4 Å². The van der Waals surface area contributed by atoms with E-state index in [2.05, 4.69) is 25.9 Å². The average molecular weight is 290 g/mol. The first-order valence-corrected chi connectivity index (χ1v) is 7.32. The molecule has 0 unspecified atom stereocenters. The minimum absolute atomic E-state index is 0.0477. The first kappa shape index (κ1) is 15.1. The Morgan fingerprint density at radius 3 is 2.90 bits per heavy atom. The Morgan fingerprint density at radius 2 is 2.14 bits per heavy atom. The highest BCUT2D eigenvalue weighted by Gasteiger charge is 2.07. The van der Waals surface area contributed by atoms with Crippen LogP contribution in [-0.2, 0) is 4.79 Å². The number of anilines is 2. The van der Waals surface area contributed by atoms with Gasteiger partial charge < -0.3 is 20.4 Å². The molecule has 0 spiro atoms. The number of hydrogen-bond donors (Lipinski definition) is 3. The van der Waals surface area contributed by atoms with Gasteiger partial charge in [0.05, 0.1) is 6.20 Å². The highest BCUT2D eigenvalue weighted by Crippen LogP contribution is 2.16. The van der Waals surface area contributed by atoms with Gasteiger partial charge in [-0.15, -0.1) is 0 Å². The van der Waals surface area contributed by atoms with Gasteiger partial charge in [-0.1, -0.05) is 6.92 Å². The van der Waals surface area contributed by atoms with Crippen molar-refractivity contribution in [2.24, 2.45) is 0 Å². The second-order valence-electron chi connectivity index (χ2n) is 4.69. The van der Waals surface area contributed by atoms with Gasteiger partial charge in [0.2, 0.25) is 5.91 Å². The predicted octanol–water partition coefficient (Wildman–Crippen LogP) is 1.49. The second-order valence-corrected chi connectivity index (χ2v) is 4.69. The third kappa shape index (κ3) is 4.08. The molecule has 2 aromatic heterocycles. The number of hydrogen-bond acceptors (Lipinski definition) is 5. The monoisotopic (exact) mass is 290 g/mol. The Bertz CT molecular complexity index is 594. The number of carbonyl (C=O) groups excluding carboxylic acids is 1. The van der Waals surface area contributed by atoms with Crippen molar-refractivity contribution in [1.82, 2.24) is 19.7 Å². The van der Waals surface area contributed by atoms with Crippen LogP contribution in [0.15, 0.2) is 18.6 Å². The van der Waals surface area contributed by atoms with Crippen LogP contribution in [0.5, 0.6) is 0 Å². The van der Waals surface area contributed by atoms with E-state index in [1.54, 1.807) is 6.20 Å². The third-order valence-electron chi connectivity index (χ3n) is 2.95. The lowest BCUT2D eigenvalue weighted by Crippen LogP contribution is -2.26. The Balaban J connectivity index is 2.00. The first-order chi connectivity index (χ1) is 10.2. The number of rotatable bonds is 8. The molecule has 0 saturated carbocycles. The molecule has 0 fully saturated rings. The van der Waals surface area contributed by atoms with Gasteiger partial charge in [0.25, 0.3) is 0 Å². The number of aromatic nitrogens is 3. The summed E-state index contributed by atoms with van der Waals surface area (Å²) in [5.74, 6) is 1.51. The van der Waals surface area contributed by atoms with E-state index in [1.165, 1.54) is 0 Å². The molecule has 0 atom stereocenters. The maximum absolute atomic E-state index is 11.6. The molecule has 0 aliphatic heterocycles. The Labute approximate surface area is 124 Å². The number of amides is 1. The summed E-state index contributed by atoms with van der Waals surface area (Å²) < 4.78 is 1.91. The molecule has 0 aliphatic rings. The van der Waals surface area contributed by atoms with Gasteiger partial charge in [-0.2, -0.15) is 0 Å². The quantitative estimate of drug-likeness (QED) is 0.686. The van der Waals surface area contributed by atoms with Crippen LogP contribution >= 0.6 is 0 Å². The SMILES string of the molecule is CCCNC(=O)CCNc1nc(NCC)cn2ccnc12. The first-order valence-electron chi connectivity index (χ1n) is 7.32. The van der Waals surface area contributed by atoms with Gasteiger partial charge in [-0.25, -0.2) is 9.97 Å². The van der Waals surface area contributed by atoms with Crippen LogP contribution in [0.1, 0.15) is 26.7 Å². The van der Waals surface area contributed by atoms with Crippen LogP contribution in [0, 0.1) is 0 Å². The minimum atomic E-state index is 0.0477. The molecule has 2 aromatic rings. The molecule has 2 rings (SSSR count). The Hall–Kier alpha value is -2.31. The fourth-order valence-corrected chi connectivity index (χ4v) is 1.96. The molecule has 1 amide bonds. The van der Waals surface area contributed by atoms with Crippen LogP contribution in [0.3, 0.4) is 0 Å². The Kier molecular flexibility index (Phi) is 5.36. The second kappa shape index (κ2) is 7.47. The van der Waals surface area contributed by atoms with Crippen LogP contribution < -0.4 is 16.0 Å². The zero-order valence-corrected chi connectivity index (χ0v) is 12.5. The standard InChI is InChI=1S/C14H22N6O/c1-3-6-16-12(21)5-7-17-13-14-18-8-9-20(14)10-11(19-13)15-4-2/h8-10,15H,3-7H2,1-2H3,(H,16,21)(H,17,19). The largest absolute Gasteiger partial charge is 0.369 e. The summed E-state index contributed by atoms with van der Waals surface area (Å²) >= 11 is 0. The number of nitrogens with zero attached hydrogens (tertiary/aromatic N) is 3. The highest BCUT2D eigenvalue weighted by atomic mass is 16.1. The Morgan fingerprint density at radius 1 is 1.29 bits per heavy atom. The summed E-state index contributed by atoms with van der Waals surface area (Å²) in [7, 11) is 0. The smallest absolute Gasteiger partial charge is 0.221 e. The topological polar surface area (TPSA) is 83.3 Å². The van der Waals surface area contributed by atoms with Crippen LogP contribution in [0.2, 0.25) is 0 Å². The van der Waals surface area contributed by atoms with Crippen molar-refractivity contribution in [3.05, 3.63) is 18.6 Å². The van der Waals surface area contributed by atoms with Crippen molar-refractivity contribution in [2.75, 3.05) is 30.3 Å². The van der Waals surface area contributed by atoms with Gasteiger partial charge in [-0.3, -0.25) is 4.79 Å². The van der Waals surface area contributed by atoms with E-state index in [-0.39, 0.29) is 5.91 Å². The molecule has 7 heteroatoms. The third-order valence-corrected chi connectivity index (χ3v) is 2.95. The molecule has 114 valence electrons. The van der Waals surface area contributed by atoms with Crippen LogP contribution in [0.4, 0.5) is 11.6 Å². The molecule has 2 heterocycles. The van der Waals surface area contributed by atoms with Gasteiger partial charge in [-0.05, 0) is 13.3 Å². The van der Waals surface area contributed by atoms with Crippen molar-refractivity contribution in [2.45, 2.75) is 26.7 Å². The van der Waals surface area contributed by atoms with Crippen molar-refractivity contribution in [3.8, 4) is 0 Å². The zero-order valence-electron chi connectivity index (χ0n) is 12.5. The van der Waals surface area contributed by atoms with Crippen LogP contribution in [0.25, 0.3) is 5.65 Å². The van der Waals surface area contributed by atoms with Crippen molar-refractivity contribution < 1.29 is 4.79 Å². The van der Waals surface area contributed by atoms with Crippen LogP contribution in [-0.4, -0.2) is 39.9 Å². The molecule has 3 N–H and O–H groups in total. The van der Waals surface area contributed by atoms with Crippen molar-refractivity contribution in [1.29, 1.82) is 0 Å². The predicted molar refractivity (Wildman–Crippen MR) is 83.6 cm³/mol. The van der Waals surface area contributed by atoms with E-state index in [4.69, 9.17) is 0 Å². The van der Waals surface area contributed by atoms with E-state index in [1.807, 2.05) is 30.6 Å². The fraction of sp³-hybridized carbons (Fsp3) is 0.500. The van der Waals surface area contributed by atoms with Gasteiger partial charge >= 0.3 is 0 Å². The number of imidazole rings is 1. The minimum Gasteiger partial charge on any atom is -0.369 e. The van der Waals surface area contributed by atoms with E-state index >= 15 is 0 Å². The molecule has 21 heavy (non-hydrogen) atoms. The lowest BCUT2D eigenvalue weighted by atomic mass is 10.3. The molecule has 0 radical (unpaired) electrons. The fourth-order valence-electron chi connectivity index (χ4n) is 1.96. The number of nitrogens with one attached hydrogen (secondary N) is 3. The summed E-state index contributed by atoms with van der Waals surface area (Å²) in [6.07, 6.45) is 6.86. The average Bonchev–Trinajstić information content (AvgIpc) is 2.94. The van der Waals surface area contributed by atoms with E-state index < -0.39 is 0 Å². The maximum Gasteiger partial charge on any atom is 0.221 e. The molecule has 0 aliphatic carbocycles. The van der Waals surface area contributed by atoms with E-state index in [9.17, 15) is 4.79 Å². The molecular weight excluding hydrogens is 268 g/mol. The highest BCUT2D eigenvalue weighted by molar-refractivity contribution is 5.76. The van der Waals surface area contributed by atoms with Gasteiger partial charge in [0.1, 0.15) is 5.82 Å². The summed E-state index contributed by atoms with van der Waals surface area (Å²) in [4.78, 5) is 20.3. The molecule has 0 aromatic carbocycles. The lowest BCUT2D eigenvalue weighted by molar-refractivity contribution is -0.120. The van der Waals surface area contributed by atoms with E-state index in [0.29, 0.717) is 18.8 Å². The normalized spacial score (nSPS) is 10.6. The van der Waals surface area contributed by atoms with Crippen molar-refractivity contribution in [3.63, 3.8) is 0 Å². The van der Waals surface area contributed by atoms with Crippen molar-refractivity contribution >= 4 is 23.2 Å². The summed E-state index contributed by atoms with van der Waals surface area (Å²) in [6.45, 7) is 6.10. The summed E-state index contributed by atoms with van der Waals surface area (Å²) in [5.41, 5.74) is 0.755. The molecule has 0 saturated heterocycles. The maximum atomic E-state index is 11.6. The molecular formula is C14H22N6O. The lowest BCUT2D eigenvalue weighted by Gasteiger charge is -2.10. The number of carbonyl (C=O) groups is 1. The zero-order chi connectivity index (χ0) is 15.1. The molecule has 7 nitrogen and oxygen atoms in total. The molecule has 0 bridgehead atoms.